The Morgan fingerprint density at radius 1 is 1.62 bits per heavy atom. The van der Waals surface area contributed by atoms with Gasteiger partial charge in [0, 0.05) is 16.6 Å². The zero-order chi connectivity index (χ0) is 12.3. The highest BCUT2D eigenvalue weighted by molar-refractivity contribution is 6.31. The molecule has 0 radical (unpaired) electrons. The van der Waals surface area contributed by atoms with Gasteiger partial charge in [-0.3, -0.25) is 4.79 Å². The fourth-order valence-corrected chi connectivity index (χ4v) is 1.93. The Hall–Kier alpha value is -1.13. The maximum Gasteiger partial charge on any atom is 0.305 e. The molecule has 0 heterocycles. The summed E-state index contributed by atoms with van der Waals surface area (Å²) < 4.78 is 13.4. The molecule has 0 aliphatic carbocycles. The number of rotatable bonds is 4. The van der Waals surface area contributed by atoms with Crippen LogP contribution >= 0.6 is 11.6 Å². The van der Waals surface area contributed by atoms with E-state index in [1.807, 2.05) is 0 Å². The summed E-state index contributed by atoms with van der Waals surface area (Å²) >= 11 is 5.86. The van der Waals surface area contributed by atoms with Gasteiger partial charge in [-0.15, -0.1) is 0 Å². The molecule has 2 unspecified atom stereocenters. The third-order valence-electron chi connectivity index (χ3n) is 2.28. The van der Waals surface area contributed by atoms with Crippen LogP contribution in [0.3, 0.4) is 0 Å². The number of carboxylic acid groups (broad SMARTS) is 1. The van der Waals surface area contributed by atoms with E-state index in [0.717, 1.165) is 0 Å². The molecule has 1 aromatic rings. The van der Waals surface area contributed by atoms with Crippen LogP contribution < -0.4 is 5.73 Å². The Bertz CT molecular complexity index is 396. The van der Waals surface area contributed by atoms with E-state index in [9.17, 15) is 9.18 Å². The van der Waals surface area contributed by atoms with E-state index >= 15 is 0 Å². The number of nitrogens with two attached hydrogens (primary N) is 1. The lowest BCUT2D eigenvalue weighted by atomic mass is 9.96. The van der Waals surface area contributed by atoms with Crippen LogP contribution in [0, 0.1) is 0 Å². The van der Waals surface area contributed by atoms with Gasteiger partial charge in [-0.05, 0) is 18.6 Å². The Morgan fingerprint density at radius 2 is 2.25 bits per heavy atom. The first-order chi connectivity index (χ1) is 7.43. The van der Waals surface area contributed by atoms with Crippen LogP contribution in [-0.4, -0.2) is 11.1 Å². The monoisotopic (exact) mass is 245 g/mol. The molecule has 0 bridgehead atoms. The van der Waals surface area contributed by atoms with Crippen molar-refractivity contribution in [1.29, 1.82) is 0 Å². The van der Waals surface area contributed by atoms with Gasteiger partial charge in [0.1, 0.15) is 6.17 Å². The van der Waals surface area contributed by atoms with E-state index in [2.05, 4.69) is 0 Å². The summed E-state index contributed by atoms with van der Waals surface area (Å²) in [7, 11) is 0. The van der Waals surface area contributed by atoms with Crippen LogP contribution in [0.15, 0.2) is 18.2 Å². The van der Waals surface area contributed by atoms with Crippen molar-refractivity contribution in [2.45, 2.75) is 25.6 Å². The number of alkyl halides is 1. The predicted octanol–water partition coefficient (Wildman–Crippen LogP) is 2.85. The largest absolute Gasteiger partial charge is 0.481 e. The van der Waals surface area contributed by atoms with Crippen LogP contribution in [-0.2, 0) is 4.79 Å². The Balaban J connectivity index is 3.12. The SMILES string of the molecule is CC(F)c1c(Cl)cccc1C(N)CC(=O)O. The third kappa shape index (κ3) is 2.93. The maximum atomic E-state index is 13.4. The number of carboxylic acids is 1. The number of hydrogen-bond acceptors (Lipinski definition) is 2. The van der Waals surface area contributed by atoms with Gasteiger partial charge < -0.3 is 10.8 Å². The topological polar surface area (TPSA) is 63.3 Å². The number of aliphatic carboxylic acids is 1. The molecule has 3 N–H and O–H groups in total. The van der Waals surface area contributed by atoms with Crippen molar-refractivity contribution in [3.05, 3.63) is 34.3 Å². The molecule has 0 saturated carbocycles. The number of halogens is 2. The summed E-state index contributed by atoms with van der Waals surface area (Å²) in [5, 5.41) is 8.91. The molecule has 3 nitrogen and oxygen atoms in total. The van der Waals surface area contributed by atoms with Crippen molar-refractivity contribution in [3.8, 4) is 0 Å². The first-order valence-electron chi connectivity index (χ1n) is 4.83. The van der Waals surface area contributed by atoms with E-state index in [4.69, 9.17) is 22.4 Å². The molecule has 5 heteroatoms. The molecule has 0 aromatic heterocycles. The van der Waals surface area contributed by atoms with E-state index in [1.165, 1.54) is 6.92 Å². The zero-order valence-electron chi connectivity index (χ0n) is 8.78. The van der Waals surface area contributed by atoms with E-state index in [-0.39, 0.29) is 17.0 Å². The van der Waals surface area contributed by atoms with Gasteiger partial charge in [0.05, 0.1) is 6.42 Å². The van der Waals surface area contributed by atoms with Crippen molar-refractivity contribution >= 4 is 17.6 Å². The molecule has 0 aliphatic heterocycles. The molecule has 0 fully saturated rings. The van der Waals surface area contributed by atoms with Gasteiger partial charge >= 0.3 is 5.97 Å². The van der Waals surface area contributed by atoms with Crippen LogP contribution in [0.4, 0.5) is 4.39 Å². The normalized spacial score (nSPS) is 14.5. The maximum absolute atomic E-state index is 13.4. The standard InChI is InChI=1S/C11H13ClFNO2/c1-6(13)11-7(3-2-4-8(11)12)9(14)5-10(15)16/h2-4,6,9H,5,14H2,1H3,(H,15,16). The van der Waals surface area contributed by atoms with Crippen molar-refractivity contribution < 1.29 is 14.3 Å². The summed E-state index contributed by atoms with van der Waals surface area (Å²) in [6.07, 6.45) is -1.52. The lowest BCUT2D eigenvalue weighted by molar-refractivity contribution is -0.137. The molecule has 1 aromatic carbocycles. The highest BCUT2D eigenvalue weighted by Crippen LogP contribution is 2.32. The van der Waals surface area contributed by atoms with E-state index in [1.54, 1.807) is 18.2 Å². The smallest absolute Gasteiger partial charge is 0.305 e. The molecule has 0 saturated heterocycles. The average molecular weight is 246 g/mol. The highest BCUT2D eigenvalue weighted by Gasteiger charge is 2.19. The Kier molecular flexibility index (Phi) is 4.26. The van der Waals surface area contributed by atoms with Gasteiger partial charge in [-0.2, -0.15) is 0 Å². The van der Waals surface area contributed by atoms with Gasteiger partial charge in [0.2, 0.25) is 0 Å². The van der Waals surface area contributed by atoms with Crippen LogP contribution in [0.5, 0.6) is 0 Å². The van der Waals surface area contributed by atoms with E-state index in [0.29, 0.717) is 5.56 Å². The first kappa shape index (κ1) is 12.9. The van der Waals surface area contributed by atoms with Crippen molar-refractivity contribution in [1.82, 2.24) is 0 Å². The summed E-state index contributed by atoms with van der Waals surface area (Å²) in [4.78, 5) is 10.5. The molecule has 0 amide bonds. The summed E-state index contributed by atoms with van der Waals surface area (Å²) in [6, 6.07) is 4.05. The second kappa shape index (κ2) is 5.27. The predicted molar refractivity (Wildman–Crippen MR) is 60.2 cm³/mol. The molecular weight excluding hydrogens is 233 g/mol. The lowest BCUT2D eigenvalue weighted by Crippen LogP contribution is -2.17. The van der Waals surface area contributed by atoms with Crippen LogP contribution in [0.1, 0.15) is 36.7 Å². The molecule has 0 spiro atoms. The van der Waals surface area contributed by atoms with Gasteiger partial charge in [-0.1, -0.05) is 23.7 Å². The number of carbonyl (C=O) groups is 1. The highest BCUT2D eigenvalue weighted by atomic mass is 35.5. The van der Waals surface area contributed by atoms with E-state index < -0.39 is 18.2 Å². The van der Waals surface area contributed by atoms with Crippen molar-refractivity contribution in [3.63, 3.8) is 0 Å². The van der Waals surface area contributed by atoms with Crippen molar-refractivity contribution in [2.75, 3.05) is 0 Å². The summed E-state index contributed by atoms with van der Waals surface area (Å²) in [6.45, 7) is 1.35. The van der Waals surface area contributed by atoms with Gasteiger partial charge in [0.15, 0.2) is 0 Å². The zero-order valence-corrected chi connectivity index (χ0v) is 9.54. The minimum atomic E-state index is -1.27. The fourth-order valence-electron chi connectivity index (χ4n) is 1.59. The van der Waals surface area contributed by atoms with Crippen LogP contribution in [0.2, 0.25) is 5.02 Å². The third-order valence-corrected chi connectivity index (χ3v) is 2.61. The second-order valence-corrected chi connectivity index (χ2v) is 3.97. The molecule has 2 atom stereocenters. The first-order valence-corrected chi connectivity index (χ1v) is 5.21. The second-order valence-electron chi connectivity index (χ2n) is 3.56. The van der Waals surface area contributed by atoms with Gasteiger partial charge in [0.25, 0.3) is 0 Å². The summed E-state index contributed by atoms with van der Waals surface area (Å²) in [5.41, 5.74) is 6.42. The Morgan fingerprint density at radius 3 is 2.75 bits per heavy atom. The molecular formula is C11H13ClFNO2. The lowest BCUT2D eigenvalue weighted by Gasteiger charge is -2.17. The van der Waals surface area contributed by atoms with Gasteiger partial charge in [-0.25, -0.2) is 4.39 Å². The molecule has 88 valence electrons. The molecule has 16 heavy (non-hydrogen) atoms. The quantitative estimate of drug-likeness (QED) is 0.857. The minimum Gasteiger partial charge on any atom is -0.481 e. The minimum absolute atomic E-state index is 0.250. The number of hydrogen-bond donors (Lipinski definition) is 2. The summed E-state index contributed by atoms with van der Waals surface area (Å²) in [5.74, 6) is -1.02. The van der Waals surface area contributed by atoms with Crippen molar-refractivity contribution in [2.24, 2.45) is 5.73 Å². The Labute approximate surface area is 98.0 Å². The van der Waals surface area contributed by atoms with Crippen LogP contribution in [0.25, 0.3) is 0 Å². The molecule has 0 aliphatic rings. The molecule has 1 rings (SSSR count). The fraction of sp³-hybridized carbons (Fsp3) is 0.364. The average Bonchev–Trinajstić information content (AvgIpc) is 2.15. The number of benzene rings is 1.